The lowest BCUT2D eigenvalue weighted by molar-refractivity contribution is -0.130. The molecule has 3 aliphatic rings. The second-order valence-corrected chi connectivity index (χ2v) is 6.50. The van der Waals surface area contributed by atoms with E-state index < -0.39 is 0 Å². The molecule has 1 saturated heterocycles. The number of nitrogens with zero attached hydrogens (tertiary/aromatic N) is 1. The SMILES string of the molecule is O=C(C1=CCCCCC1)C1(N2CCOCC2)CCCC1. The zero-order valence-electron chi connectivity index (χ0n) is 12.5. The second-order valence-electron chi connectivity index (χ2n) is 6.50. The summed E-state index contributed by atoms with van der Waals surface area (Å²) >= 11 is 0. The van der Waals surface area contributed by atoms with Crippen LogP contribution in [0.3, 0.4) is 0 Å². The van der Waals surface area contributed by atoms with E-state index in [1.807, 2.05) is 0 Å². The first-order chi connectivity index (χ1) is 9.83. The van der Waals surface area contributed by atoms with E-state index in [-0.39, 0.29) is 5.54 Å². The van der Waals surface area contributed by atoms with Crippen LogP contribution in [0.4, 0.5) is 0 Å². The Labute approximate surface area is 122 Å². The van der Waals surface area contributed by atoms with Gasteiger partial charge < -0.3 is 4.74 Å². The van der Waals surface area contributed by atoms with Crippen molar-refractivity contribution < 1.29 is 9.53 Å². The molecule has 1 aliphatic heterocycles. The normalized spacial score (nSPS) is 27.9. The maximum atomic E-state index is 13.2. The molecule has 0 amide bonds. The van der Waals surface area contributed by atoms with Gasteiger partial charge in [0.2, 0.25) is 0 Å². The first kappa shape index (κ1) is 14.3. The largest absolute Gasteiger partial charge is 0.379 e. The average molecular weight is 277 g/mol. The zero-order chi connectivity index (χ0) is 13.8. The highest BCUT2D eigenvalue weighted by molar-refractivity contribution is 6.02. The molecule has 0 aromatic rings. The summed E-state index contributed by atoms with van der Waals surface area (Å²) in [6, 6.07) is 0. The van der Waals surface area contributed by atoms with Crippen LogP contribution < -0.4 is 0 Å². The molecule has 0 atom stereocenters. The van der Waals surface area contributed by atoms with E-state index in [4.69, 9.17) is 4.74 Å². The predicted octanol–water partition coefficient (Wildman–Crippen LogP) is 3.09. The summed E-state index contributed by atoms with van der Waals surface area (Å²) in [6.07, 6.45) is 12.6. The van der Waals surface area contributed by atoms with Crippen LogP contribution in [0.15, 0.2) is 11.6 Å². The van der Waals surface area contributed by atoms with Crippen LogP contribution in [0, 0.1) is 0 Å². The first-order valence-electron chi connectivity index (χ1n) is 8.40. The third-order valence-corrected chi connectivity index (χ3v) is 5.30. The third-order valence-electron chi connectivity index (χ3n) is 5.30. The highest BCUT2D eigenvalue weighted by atomic mass is 16.5. The molecule has 0 radical (unpaired) electrons. The number of ketones is 1. The Morgan fingerprint density at radius 2 is 1.80 bits per heavy atom. The van der Waals surface area contributed by atoms with Crippen LogP contribution in [0.5, 0.6) is 0 Å². The van der Waals surface area contributed by atoms with Gasteiger partial charge >= 0.3 is 0 Å². The van der Waals surface area contributed by atoms with E-state index in [0.717, 1.165) is 57.6 Å². The highest BCUT2D eigenvalue weighted by Crippen LogP contribution is 2.39. The van der Waals surface area contributed by atoms with Gasteiger partial charge in [0.1, 0.15) is 0 Å². The summed E-state index contributed by atoms with van der Waals surface area (Å²) < 4.78 is 5.48. The fraction of sp³-hybridized carbons (Fsp3) is 0.824. The van der Waals surface area contributed by atoms with Crippen molar-refractivity contribution in [2.24, 2.45) is 0 Å². The van der Waals surface area contributed by atoms with Crippen molar-refractivity contribution in [3.8, 4) is 0 Å². The van der Waals surface area contributed by atoms with Crippen molar-refractivity contribution in [2.75, 3.05) is 26.3 Å². The predicted molar refractivity (Wildman–Crippen MR) is 79.8 cm³/mol. The summed E-state index contributed by atoms with van der Waals surface area (Å²) in [6.45, 7) is 3.43. The van der Waals surface area contributed by atoms with Crippen LogP contribution in [-0.4, -0.2) is 42.5 Å². The lowest BCUT2D eigenvalue weighted by Crippen LogP contribution is -2.57. The number of ether oxygens (including phenoxy) is 1. The number of carbonyl (C=O) groups excluding carboxylic acids is 1. The molecule has 0 aromatic heterocycles. The molecule has 2 fully saturated rings. The molecule has 112 valence electrons. The Morgan fingerprint density at radius 1 is 1.05 bits per heavy atom. The number of hydrogen-bond acceptors (Lipinski definition) is 3. The van der Waals surface area contributed by atoms with Crippen LogP contribution in [0.1, 0.15) is 57.8 Å². The third kappa shape index (κ3) is 2.71. The molecule has 0 bridgehead atoms. The Bertz CT molecular complexity index is 376. The molecule has 3 heteroatoms. The number of allylic oxidation sites excluding steroid dienone is 1. The van der Waals surface area contributed by atoms with Gasteiger partial charge in [-0.25, -0.2) is 0 Å². The molecule has 3 rings (SSSR count). The Balaban J connectivity index is 1.81. The number of hydrogen-bond donors (Lipinski definition) is 0. The minimum atomic E-state index is -0.181. The number of Topliss-reactive ketones (excluding diaryl/α,β-unsaturated/α-hetero) is 1. The molecule has 1 heterocycles. The molecule has 0 unspecified atom stereocenters. The molecule has 0 N–H and O–H groups in total. The molecule has 0 aromatic carbocycles. The van der Waals surface area contributed by atoms with Crippen LogP contribution in [0.2, 0.25) is 0 Å². The van der Waals surface area contributed by atoms with Gasteiger partial charge in [0.05, 0.1) is 18.8 Å². The maximum absolute atomic E-state index is 13.2. The van der Waals surface area contributed by atoms with Crippen molar-refractivity contribution in [3.63, 3.8) is 0 Å². The average Bonchev–Trinajstić information content (AvgIpc) is 2.84. The van der Waals surface area contributed by atoms with E-state index in [2.05, 4.69) is 11.0 Å². The van der Waals surface area contributed by atoms with E-state index in [1.165, 1.54) is 32.1 Å². The van der Waals surface area contributed by atoms with E-state index >= 15 is 0 Å². The number of carbonyl (C=O) groups is 1. The highest BCUT2D eigenvalue weighted by Gasteiger charge is 2.46. The lowest BCUT2D eigenvalue weighted by atomic mass is 9.83. The van der Waals surface area contributed by atoms with E-state index in [0.29, 0.717) is 5.78 Å². The van der Waals surface area contributed by atoms with Gasteiger partial charge in [-0.15, -0.1) is 0 Å². The van der Waals surface area contributed by atoms with Gasteiger partial charge in [0, 0.05) is 13.1 Å². The molecule has 0 spiro atoms. The minimum Gasteiger partial charge on any atom is -0.379 e. The summed E-state index contributed by atoms with van der Waals surface area (Å²) in [5.74, 6) is 0.457. The standard InChI is InChI=1S/C17H27NO2/c19-16(15-7-3-1-2-4-8-15)17(9-5-6-10-17)18-11-13-20-14-12-18/h7H,1-6,8-14H2. The molecule has 3 nitrogen and oxygen atoms in total. The topological polar surface area (TPSA) is 29.5 Å². The quantitative estimate of drug-likeness (QED) is 0.794. The molecule has 1 saturated carbocycles. The van der Waals surface area contributed by atoms with Crippen molar-refractivity contribution in [1.29, 1.82) is 0 Å². The molecule has 2 aliphatic carbocycles. The molecular weight excluding hydrogens is 250 g/mol. The van der Waals surface area contributed by atoms with Crippen molar-refractivity contribution in [1.82, 2.24) is 4.90 Å². The fourth-order valence-electron chi connectivity index (χ4n) is 4.16. The van der Waals surface area contributed by atoms with Crippen molar-refractivity contribution in [2.45, 2.75) is 63.3 Å². The summed E-state index contributed by atoms with van der Waals surface area (Å²) in [5.41, 5.74) is 0.954. The summed E-state index contributed by atoms with van der Waals surface area (Å²) in [5, 5.41) is 0. The first-order valence-corrected chi connectivity index (χ1v) is 8.40. The van der Waals surface area contributed by atoms with Gasteiger partial charge in [0.15, 0.2) is 5.78 Å². The van der Waals surface area contributed by atoms with Gasteiger partial charge in [-0.05, 0) is 44.1 Å². The summed E-state index contributed by atoms with van der Waals surface area (Å²) in [4.78, 5) is 15.7. The zero-order valence-corrected chi connectivity index (χ0v) is 12.5. The summed E-state index contributed by atoms with van der Waals surface area (Å²) in [7, 11) is 0. The van der Waals surface area contributed by atoms with Crippen LogP contribution in [-0.2, 0) is 9.53 Å². The Hall–Kier alpha value is -0.670. The van der Waals surface area contributed by atoms with Gasteiger partial charge in [-0.2, -0.15) is 0 Å². The van der Waals surface area contributed by atoms with E-state index in [1.54, 1.807) is 0 Å². The lowest BCUT2D eigenvalue weighted by Gasteiger charge is -2.42. The molecule has 20 heavy (non-hydrogen) atoms. The second kappa shape index (κ2) is 6.40. The van der Waals surface area contributed by atoms with Crippen molar-refractivity contribution >= 4 is 5.78 Å². The minimum absolute atomic E-state index is 0.181. The van der Waals surface area contributed by atoms with Crippen LogP contribution in [0.25, 0.3) is 0 Å². The number of morpholine rings is 1. The van der Waals surface area contributed by atoms with E-state index in [9.17, 15) is 4.79 Å². The van der Waals surface area contributed by atoms with Gasteiger partial charge in [-0.3, -0.25) is 9.69 Å². The van der Waals surface area contributed by atoms with Crippen LogP contribution >= 0.6 is 0 Å². The maximum Gasteiger partial charge on any atom is 0.178 e. The van der Waals surface area contributed by atoms with Gasteiger partial charge in [-0.1, -0.05) is 25.3 Å². The Kier molecular flexibility index (Phi) is 4.57. The molecular formula is C17H27NO2. The smallest absolute Gasteiger partial charge is 0.178 e. The fourth-order valence-corrected chi connectivity index (χ4v) is 4.16. The van der Waals surface area contributed by atoms with Gasteiger partial charge in [0.25, 0.3) is 0 Å². The monoisotopic (exact) mass is 277 g/mol. The van der Waals surface area contributed by atoms with Crippen molar-refractivity contribution in [3.05, 3.63) is 11.6 Å². The number of rotatable bonds is 3. The Morgan fingerprint density at radius 3 is 2.55 bits per heavy atom.